The van der Waals surface area contributed by atoms with Crippen molar-refractivity contribution in [1.82, 2.24) is 14.3 Å². The minimum Gasteiger partial charge on any atom is -0.376 e. The predicted molar refractivity (Wildman–Crippen MR) is 115 cm³/mol. The van der Waals surface area contributed by atoms with Gasteiger partial charge in [-0.1, -0.05) is 30.0 Å². The number of carbonyl (C=O) groups is 1. The largest absolute Gasteiger partial charge is 0.376 e. The molecule has 0 spiro atoms. The van der Waals surface area contributed by atoms with Crippen LogP contribution in [0.1, 0.15) is 24.0 Å². The third-order valence-electron chi connectivity index (χ3n) is 4.79. The van der Waals surface area contributed by atoms with Crippen LogP contribution in [0.15, 0.2) is 28.0 Å². The number of aryl methyl sites for hydroxylation is 1. The zero-order valence-electron chi connectivity index (χ0n) is 15.6. The smallest absolute Gasteiger partial charge is 0.267 e. The van der Waals surface area contributed by atoms with Gasteiger partial charge in [-0.05, 0) is 37.5 Å². The van der Waals surface area contributed by atoms with Gasteiger partial charge in [0.05, 0.1) is 16.6 Å². The van der Waals surface area contributed by atoms with Crippen molar-refractivity contribution < 1.29 is 9.53 Å². The molecule has 9 heteroatoms. The van der Waals surface area contributed by atoms with Crippen LogP contribution in [0.2, 0.25) is 0 Å². The van der Waals surface area contributed by atoms with Crippen molar-refractivity contribution in [3.8, 4) is 0 Å². The maximum Gasteiger partial charge on any atom is 0.267 e. The van der Waals surface area contributed by atoms with Crippen molar-refractivity contribution >= 4 is 51.7 Å². The number of ether oxygens (including phenoxy) is 1. The molecule has 146 valence electrons. The quantitative estimate of drug-likeness (QED) is 0.606. The molecule has 4 rings (SSSR count). The molecule has 0 aromatic carbocycles. The molecule has 28 heavy (non-hydrogen) atoms. The summed E-state index contributed by atoms with van der Waals surface area (Å²) in [5.74, 6) is 0.236. The fourth-order valence-corrected chi connectivity index (χ4v) is 4.38. The lowest BCUT2D eigenvalue weighted by molar-refractivity contribution is -0.121. The molecule has 2 fully saturated rings. The molecule has 2 aliphatic heterocycles. The molecule has 2 aliphatic rings. The summed E-state index contributed by atoms with van der Waals surface area (Å²) in [6.45, 7) is 3.23. The van der Waals surface area contributed by atoms with E-state index in [0.29, 0.717) is 32.8 Å². The highest BCUT2D eigenvalue weighted by Crippen LogP contribution is 2.32. The number of nitrogens with one attached hydrogen (secondary N) is 1. The Morgan fingerprint density at radius 3 is 2.93 bits per heavy atom. The monoisotopic (exact) mass is 416 g/mol. The van der Waals surface area contributed by atoms with Crippen molar-refractivity contribution in [2.45, 2.75) is 25.9 Å². The first-order valence-electron chi connectivity index (χ1n) is 9.04. The summed E-state index contributed by atoms with van der Waals surface area (Å²) in [7, 11) is 1.63. The summed E-state index contributed by atoms with van der Waals surface area (Å²) >= 11 is 6.38. The first-order chi connectivity index (χ1) is 13.4. The van der Waals surface area contributed by atoms with Crippen LogP contribution in [0.4, 0.5) is 5.82 Å². The third kappa shape index (κ3) is 3.57. The van der Waals surface area contributed by atoms with E-state index in [9.17, 15) is 9.59 Å². The fraction of sp³-hybridized carbons (Fsp3) is 0.368. The molecule has 1 N–H and O–H groups in total. The molecule has 0 aliphatic carbocycles. The van der Waals surface area contributed by atoms with E-state index in [4.69, 9.17) is 17.0 Å². The van der Waals surface area contributed by atoms with Gasteiger partial charge in [0, 0.05) is 26.4 Å². The maximum atomic E-state index is 13.2. The standard InChI is InChI=1S/C19H20N4O3S2/c1-11-5-6-15-21-16(20-9-12-4-3-7-26-12)13(17(24)23(15)10-11)8-14-18(25)22(2)19(27)28-14/h5-6,8,10,12,20H,3-4,7,9H2,1-2H3. The van der Waals surface area contributed by atoms with Crippen molar-refractivity contribution in [1.29, 1.82) is 0 Å². The van der Waals surface area contributed by atoms with Gasteiger partial charge in [0.15, 0.2) is 0 Å². The zero-order valence-corrected chi connectivity index (χ0v) is 17.2. The summed E-state index contributed by atoms with van der Waals surface area (Å²) in [5, 5.41) is 3.25. The number of anilines is 1. The molecule has 7 nitrogen and oxygen atoms in total. The lowest BCUT2D eigenvalue weighted by atomic mass is 10.2. The summed E-state index contributed by atoms with van der Waals surface area (Å²) in [6.07, 6.45) is 5.44. The number of fused-ring (bicyclic) bond motifs is 1. The zero-order chi connectivity index (χ0) is 19.8. The number of thiocarbonyl (C=S) groups is 1. The Balaban J connectivity index is 1.80. The number of aromatic nitrogens is 2. The van der Waals surface area contributed by atoms with Gasteiger partial charge in [-0.15, -0.1) is 0 Å². The first kappa shape index (κ1) is 19.1. The Hall–Kier alpha value is -2.23. The van der Waals surface area contributed by atoms with E-state index < -0.39 is 0 Å². The van der Waals surface area contributed by atoms with Gasteiger partial charge in [0.1, 0.15) is 15.8 Å². The molecule has 2 aromatic rings. The molecule has 2 aromatic heterocycles. The van der Waals surface area contributed by atoms with Crippen LogP contribution in [0.5, 0.6) is 0 Å². The normalized spacial score (nSPS) is 21.3. The maximum absolute atomic E-state index is 13.2. The lowest BCUT2D eigenvalue weighted by Crippen LogP contribution is -2.25. The predicted octanol–water partition coefficient (Wildman–Crippen LogP) is 2.42. The van der Waals surface area contributed by atoms with Crippen LogP contribution in [0.25, 0.3) is 11.7 Å². The molecule has 0 radical (unpaired) electrons. The summed E-state index contributed by atoms with van der Waals surface area (Å²) in [6, 6.07) is 3.72. The Labute approximate surface area is 171 Å². The highest BCUT2D eigenvalue weighted by molar-refractivity contribution is 8.26. The molecule has 1 atom stereocenters. The van der Waals surface area contributed by atoms with E-state index in [1.165, 1.54) is 21.1 Å². The fourth-order valence-electron chi connectivity index (χ4n) is 3.22. The average Bonchev–Trinajstić information content (AvgIpc) is 3.28. The minimum atomic E-state index is -0.232. The highest BCUT2D eigenvalue weighted by Gasteiger charge is 2.29. The van der Waals surface area contributed by atoms with Crippen LogP contribution in [-0.2, 0) is 9.53 Å². The SMILES string of the molecule is Cc1ccc2nc(NCC3CCCO3)c(C=C3SC(=S)N(C)C3=O)c(=O)n2c1. The number of likely N-dealkylation sites (N-methyl/N-ethyl adjacent to an activating group) is 1. The van der Waals surface area contributed by atoms with Crippen LogP contribution in [0, 0.1) is 6.92 Å². The van der Waals surface area contributed by atoms with Crippen LogP contribution in [-0.4, -0.2) is 50.8 Å². The number of hydrogen-bond donors (Lipinski definition) is 1. The van der Waals surface area contributed by atoms with Gasteiger partial charge in [-0.2, -0.15) is 0 Å². The molecule has 1 amide bonds. The van der Waals surface area contributed by atoms with Gasteiger partial charge in [0.2, 0.25) is 0 Å². The van der Waals surface area contributed by atoms with Gasteiger partial charge in [0.25, 0.3) is 11.5 Å². The molecule has 4 heterocycles. The number of thioether (sulfide) groups is 1. The van der Waals surface area contributed by atoms with Crippen molar-refractivity contribution in [3.05, 3.63) is 44.7 Å². The van der Waals surface area contributed by atoms with E-state index in [0.717, 1.165) is 25.0 Å². The van der Waals surface area contributed by atoms with Gasteiger partial charge >= 0.3 is 0 Å². The van der Waals surface area contributed by atoms with E-state index in [1.807, 2.05) is 19.1 Å². The second kappa shape index (κ2) is 7.65. The van der Waals surface area contributed by atoms with Crippen molar-refractivity contribution in [2.24, 2.45) is 0 Å². The number of hydrogen-bond acceptors (Lipinski definition) is 7. The minimum absolute atomic E-state index is 0.0972. The molecule has 0 saturated carbocycles. The highest BCUT2D eigenvalue weighted by atomic mass is 32.2. The second-order valence-electron chi connectivity index (χ2n) is 6.87. The van der Waals surface area contributed by atoms with Gasteiger partial charge in [-0.3, -0.25) is 18.9 Å². The Morgan fingerprint density at radius 1 is 1.43 bits per heavy atom. The molecule has 0 bridgehead atoms. The van der Waals surface area contributed by atoms with Crippen molar-refractivity contribution in [3.63, 3.8) is 0 Å². The van der Waals surface area contributed by atoms with Crippen LogP contribution < -0.4 is 10.9 Å². The topological polar surface area (TPSA) is 75.9 Å². The van der Waals surface area contributed by atoms with Gasteiger partial charge < -0.3 is 10.1 Å². The van der Waals surface area contributed by atoms with E-state index in [1.54, 1.807) is 19.3 Å². The first-order valence-corrected chi connectivity index (χ1v) is 10.3. The number of nitrogens with zero attached hydrogens (tertiary/aromatic N) is 3. The lowest BCUT2D eigenvalue weighted by Gasteiger charge is -2.14. The van der Waals surface area contributed by atoms with E-state index in [2.05, 4.69) is 10.3 Å². The van der Waals surface area contributed by atoms with Crippen LogP contribution >= 0.6 is 24.0 Å². The van der Waals surface area contributed by atoms with Crippen LogP contribution in [0.3, 0.4) is 0 Å². The Morgan fingerprint density at radius 2 is 2.25 bits per heavy atom. The van der Waals surface area contributed by atoms with Gasteiger partial charge in [-0.25, -0.2) is 4.98 Å². The average molecular weight is 417 g/mol. The third-order valence-corrected chi connectivity index (χ3v) is 6.27. The number of pyridine rings is 1. The van der Waals surface area contributed by atoms with E-state index in [-0.39, 0.29) is 17.6 Å². The number of rotatable bonds is 4. The molecular weight excluding hydrogens is 396 g/mol. The van der Waals surface area contributed by atoms with E-state index >= 15 is 0 Å². The molecule has 2 saturated heterocycles. The second-order valence-corrected chi connectivity index (χ2v) is 8.55. The molecule has 1 unspecified atom stereocenters. The number of carbonyl (C=O) groups excluding carboxylic acids is 1. The van der Waals surface area contributed by atoms with Crippen molar-refractivity contribution in [2.75, 3.05) is 25.5 Å². The molecular formula is C19H20N4O3S2. The summed E-state index contributed by atoms with van der Waals surface area (Å²) in [5.41, 5.74) is 1.60. The summed E-state index contributed by atoms with van der Waals surface area (Å²) in [4.78, 5) is 32.1. The number of amides is 1. The Kier molecular flexibility index (Phi) is 5.22. The summed E-state index contributed by atoms with van der Waals surface area (Å²) < 4.78 is 7.63. The Bertz CT molecular complexity index is 1060.